The van der Waals surface area contributed by atoms with Gasteiger partial charge in [0.15, 0.2) is 6.10 Å². The minimum absolute atomic E-state index is 0.127. The Kier molecular flexibility index (Phi) is 35.3. The predicted molar refractivity (Wildman–Crippen MR) is 267 cm³/mol. The number of likely N-dealkylation sites (N-methyl/N-ethyl adjacent to an activating group) is 1. The van der Waals surface area contributed by atoms with Crippen molar-refractivity contribution in [3.8, 4) is 11.5 Å². The first-order valence-corrected chi connectivity index (χ1v) is 27.0. The fraction of sp³-hybridized carbons (Fsp3) is 0.741. The predicted octanol–water partition coefficient (Wildman–Crippen LogP) is 14.0. The lowest BCUT2D eigenvalue weighted by atomic mass is 9.95. The minimum Gasteiger partial charge on any atom is -0.493 e. The number of hydrogen-bond acceptors (Lipinski definition) is 9. The molecule has 0 aliphatic carbocycles. The zero-order valence-electron chi connectivity index (χ0n) is 41.7. The van der Waals surface area contributed by atoms with Gasteiger partial charge in [0.05, 0.1) is 41.0 Å². The summed E-state index contributed by atoms with van der Waals surface area (Å²) in [4.78, 5) is 36.4. The number of nitrogens with zero attached hydrogens (tertiary/aromatic N) is 1. The number of carbonyl (C=O) groups is 2. The molecule has 2 aromatic rings. The molecule has 0 radical (unpaired) electrons. The van der Waals surface area contributed by atoms with Gasteiger partial charge in [-0.2, -0.15) is 0 Å². The first-order valence-electron chi connectivity index (χ1n) is 25.8. The molecule has 0 saturated heterocycles. The fourth-order valence-electron chi connectivity index (χ4n) is 7.82. The van der Waals surface area contributed by atoms with Crippen LogP contribution in [0.15, 0.2) is 60.7 Å². The number of benzene rings is 2. The van der Waals surface area contributed by atoms with Crippen LogP contribution in [0.3, 0.4) is 0 Å². The van der Waals surface area contributed by atoms with Gasteiger partial charge >= 0.3 is 20.5 Å². The lowest BCUT2D eigenvalue weighted by molar-refractivity contribution is -0.870. The Morgan fingerprint density at radius 1 is 0.523 bits per heavy atom. The number of rotatable bonds is 44. The summed E-state index contributed by atoms with van der Waals surface area (Å²) < 4.78 is 35.5. The van der Waals surface area contributed by atoms with E-state index in [9.17, 15) is 14.5 Å². The van der Waals surface area contributed by atoms with E-state index in [2.05, 4.69) is 13.8 Å². The number of ether oxygens (including phenoxy) is 4. The summed E-state index contributed by atoms with van der Waals surface area (Å²) in [6.45, 7) is 6.69. The second-order valence-corrected chi connectivity index (χ2v) is 20.2. The topological polar surface area (TPSA) is 110 Å². The summed E-state index contributed by atoms with van der Waals surface area (Å²) in [5.41, 5.74) is 0. The molecule has 4 unspecified atom stereocenters. The summed E-state index contributed by atoms with van der Waals surface area (Å²) >= 11 is 0. The van der Waals surface area contributed by atoms with Crippen LogP contribution in [0, 0.1) is 11.8 Å². The van der Waals surface area contributed by atoms with E-state index in [4.69, 9.17) is 28.0 Å². The van der Waals surface area contributed by atoms with Crippen molar-refractivity contribution < 1.29 is 47.0 Å². The van der Waals surface area contributed by atoms with E-state index in [1.165, 1.54) is 89.9 Å². The molecule has 372 valence electrons. The average Bonchev–Trinajstić information content (AvgIpc) is 3.29. The van der Waals surface area contributed by atoms with E-state index in [1.54, 1.807) is 0 Å². The molecule has 0 aromatic heterocycles. The summed E-state index contributed by atoms with van der Waals surface area (Å²) in [6.07, 6.45) is 27.6. The van der Waals surface area contributed by atoms with Crippen LogP contribution in [-0.4, -0.2) is 88.1 Å². The van der Waals surface area contributed by atoms with Gasteiger partial charge in [-0.05, 0) is 74.6 Å². The van der Waals surface area contributed by atoms with Gasteiger partial charge in [-0.3, -0.25) is 9.59 Å². The third-order valence-corrected chi connectivity index (χ3v) is 12.7. The Bertz CT molecular complexity index is 1400. The van der Waals surface area contributed by atoms with Gasteiger partial charge < -0.3 is 37.4 Å². The van der Waals surface area contributed by atoms with Gasteiger partial charge in [0.2, 0.25) is 0 Å². The smallest absolute Gasteiger partial charge is 0.330 e. The molecule has 10 nitrogen and oxygen atoms in total. The van der Waals surface area contributed by atoms with Gasteiger partial charge in [0.1, 0.15) is 31.3 Å². The van der Waals surface area contributed by atoms with E-state index < -0.39 is 14.7 Å². The molecule has 0 bridgehead atoms. The molecule has 4 atom stereocenters. The van der Waals surface area contributed by atoms with Crippen molar-refractivity contribution in [3.05, 3.63) is 60.7 Å². The second kappa shape index (κ2) is 39.3. The van der Waals surface area contributed by atoms with E-state index in [0.717, 1.165) is 69.3 Å². The van der Waals surface area contributed by atoms with Crippen LogP contribution in [0.25, 0.3) is 0 Å². The van der Waals surface area contributed by atoms with Crippen molar-refractivity contribution in [2.75, 3.05) is 60.7 Å². The van der Waals surface area contributed by atoms with Crippen LogP contribution in [0.2, 0.25) is 0 Å². The highest BCUT2D eigenvalue weighted by molar-refractivity contribution is 7.40. The maximum Gasteiger partial charge on any atom is 0.330 e. The maximum atomic E-state index is 13.1. The van der Waals surface area contributed by atoms with Crippen molar-refractivity contribution in [2.45, 2.75) is 187 Å². The molecule has 0 aliphatic rings. The Morgan fingerprint density at radius 3 is 1.38 bits per heavy atom. The highest BCUT2D eigenvalue weighted by Crippen LogP contribution is 2.33. The quantitative estimate of drug-likeness (QED) is 0.0301. The maximum absolute atomic E-state index is 13.1. The molecule has 0 aliphatic heterocycles. The SMILES string of the molecule is CCCCCCCCCC(CCCCCC(=O)OCC(COP(O)OCC[N+](C)(C)C)OC(=O)CCCCCC(CCCCCCCCC)COc1ccccc1)COc1ccccc1. The lowest BCUT2D eigenvalue weighted by Gasteiger charge is -2.24. The molecular weight excluding hydrogens is 838 g/mol. The van der Waals surface area contributed by atoms with E-state index in [1.807, 2.05) is 81.8 Å². The Hall–Kier alpha value is -2.75. The van der Waals surface area contributed by atoms with Crippen LogP contribution in [0.5, 0.6) is 11.5 Å². The highest BCUT2D eigenvalue weighted by atomic mass is 31.2. The third kappa shape index (κ3) is 35.1. The molecule has 0 amide bonds. The van der Waals surface area contributed by atoms with E-state index in [-0.39, 0.29) is 31.6 Å². The van der Waals surface area contributed by atoms with Crippen LogP contribution >= 0.6 is 8.60 Å². The molecule has 0 saturated carbocycles. The second-order valence-electron chi connectivity index (χ2n) is 19.2. The number of para-hydroxylation sites is 2. The third-order valence-electron chi connectivity index (χ3n) is 11.9. The van der Waals surface area contributed by atoms with Crippen molar-refractivity contribution in [1.29, 1.82) is 0 Å². The Labute approximate surface area is 397 Å². The normalized spacial score (nSPS) is 13.5. The van der Waals surface area contributed by atoms with Gasteiger partial charge in [0.25, 0.3) is 0 Å². The van der Waals surface area contributed by atoms with Gasteiger partial charge in [0, 0.05) is 12.8 Å². The largest absolute Gasteiger partial charge is 0.493 e. The van der Waals surface area contributed by atoms with Gasteiger partial charge in [-0.1, -0.05) is 166 Å². The minimum atomic E-state index is -2.17. The summed E-state index contributed by atoms with van der Waals surface area (Å²) in [5, 5.41) is 0. The average molecular weight is 931 g/mol. The molecule has 65 heavy (non-hydrogen) atoms. The molecular formula is C54H93NO9P+. The van der Waals surface area contributed by atoms with E-state index in [0.29, 0.717) is 55.5 Å². The molecule has 0 fully saturated rings. The fourth-order valence-corrected chi connectivity index (χ4v) is 8.42. The molecule has 11 heteroatoms. The lowest BCUT2D eigenvalue weighted by Crippen LogP contribution is -2.37. The first-order chi connectivity index (χ1) is 31.6. The zero-order valence-corrected chi connectivity index (χ0v) is 42.6. The molecule has 1 N–H and O–H groups in total. The van der Waals surface area contributed by atoms with E-state index >= 15 is 0 Å². The Morgan fingerprint density at radius 2 is 0.938 bits per heavy atom. The highest BCUT2D eigenvalue weighted by Gasteiger charge is 2.21. The molecule has 0 spiro atoms. The number of esters is 2. The van der Waals surface area contributed by atoms with Crippen LogP contribution < -0.4 is 9.47 Å². The number of quaternary nitrogens is 1. The zero-order chi connectivity index (χ0) is 47.1. The number of hydrogen-bond donors (Lipinski definition) is 1. The Balaban J connectivity index is 1.80. The van der Waals surface area contributed by atoms with Crippen LogP contribution in [0.1, 0.15) is 181 Å². The van der Waals surface area contributed by atoms with Crippen molar-refractivity contribution in [1.82, 2.24) is 0 Å². The summed E-state index contributed by atoms with van der Waals surface area (Å²) in [5.74, 6) is 2.09. The first kappa shape index (κ1) is 58.4. The van der Waals surface area contributed by atoms with Crippen LogP contribution in [0.4, 0.5) is 0 Å². The molecule has 0 heterocycles. The standard InChI is InChI=1S/C54H93NO9P/c1-6-8-10-12-14-16-22-32-48(44-59-50-36-26-20-27-37-50)34-24-18-30-40-53(56)61-46-52(47-63-65(58)62-43-42-55(3,4)5)64-54(57)41-31-19-25-35-49(33-23-17-15-13-11-9-7-2)45-60-51-38-28-21-29-39-51/h20-21,26-29,36-39,48-49,52,58H,6-19,22-25,30-35,40-47H2,1-5H3/q+1. The van der Waals surface area contributed by atoms with Crippen molar-refractivity contribution in [2.24, 2.45) is 11.8 Å². The summed E-state index contributed by atoms with van der Waals surface area (Å²) in [6, 6.07) is 20.1. The van der Waals surface area contributed by atoms with Gasteiger partial charge in [-0.25, -0.2) is 0 Å². The van der Waals surface area contributed by atoms with Gasteiger partial charge in [-0.15, -0.1) is 0 Å². The molecule has 2 rings (SSSR count). The number of unbranched alkanes of at least 4 members (excludes halogenated alkanes) is 16. The van der Waals surface area contributed by atoms with Crippen molar-refractivity contribution >= 4 is 20.5 Å². The summed E-state index contributed by atoms with van der Waals surface area (Å²) in [7, 11) is 3.95. The number of carbonyl (C=O) groups excluding carboxylic acids is 2. The van der Waals surface area contributed by atoms with Crippen LogP contribution in [-0.2, 0) is 28.1 Å². The monoisotopic (exact) mass is 931 g/mol. The van der Waals surface area contributed by atoms with Crippen molar-refractivity contribution in [3.63, 3.8) is 0 Å². The molecule has 2 aromatic carbocycles.